The maximum Gasteiger partial charge on any atom is 0.275 e. The molecule has 1 N–H and O–H groups in total. The summed E-state index contributed by atoms with van der Waals surface area (Å²) in [7, 11) is 0. The molecule has 0 spiro atoms. The predicted molar refractivity (Wildman–Crippen MR) is 107 cm³/mol. The van der Waals surface area contributed by atoms with E-state index >= 15 is 0 Å². The number of anilines is 2. The van der Waals surface area contributed by atoms with Crippen molar-refractivity contribution in [3.8, 4) is 0 Å². The summed E-state index contributed by atoms with van der Waals surface area (Å²) in [6, 6.07) is 6.61. The highest BCUT2D eigenvalue weighted by Crippen LogP contribution is 2.30. The van der Waals surface area contributed by atoms with Crippen LogP contribution < -0.4 is 15.8 Å². The Balaban J connectivity index is 1.61. The summed E-state index contributed by atoms with van der Waals surface area (Å²) in [6.45, 7) is 4.42. The second kappa shape index (κ2) is 6.94. The zero-order chi connectivity index (χ0) is 19.1. The molecule has 1 saturated heterocycles. The lowest BCUT2D eigenvalue weighted by atomic mass is 10.2. The molecule has 1 aliphatic rings. The molecule has 1 amide bonds. The summed E-state index contributed by atoms with van der Waals surface area (Å²) >= 11 is 7.55. The second-order valence-corrected chi connectivity index (χ2v) is 7.98. The smallest absolute Gasteiger partial charge is 0.275 e. The molecule has 4 rings (SSSR count). The first kappa shape index (κ1) is 17.9. The molecule has 1 fully saturated rings. The first-order valence-corrected chi connectivity index (χ1v) is 9.83. The highest BCUT2D eigenvalue weighted by molar-refractivity contribution is 7.20. The second-order valence-electron chi connectivity index (χ2n) is 6.64. The number of fused-ring (bicyclic) bond motifs is 1. The molecule has 0 saturated carbocycles. The molecule has 1 atom stereocenters. The zero-order valence-electron chi connectivity index (χ0n) is 14.9. The number of amides is 1. The molecule has 0 aliphatic carbocycles. The summed E-state index contributed by atoms with van der Waals surface area (Å²) in [5.74, 6) is -0.131. The van der Waals surface area contributed by atoms with E-state index in [1.807, 2.05) is 24.0 Å². The number of carbonyl (C=O) groups is 1. The van der Waals surface area contributed by atoms with Gasteiger partial charge in [-0.05, 0) is 44.4 Å². The van der Waals surface area contributed by atoms with Crippen molar-refractivity contribution in [2.75, 3.05) is 16.8 Å². The van der Waals surface area contributed by atoms with Gasteiger partial charge in [-0.2, -0.15) is 4.52 Å². The molecule has 0 unspecified atom stereocenters. The Kier molecular flexibility index (Phi) is 4.61. The van der Waals surface area contributed by atoms with E-state index in [0.717, 1.165) is 12.0 Å². The van der Waals surface area contributed by atoms with Gasteiger partial charge in [0.05, 0.1) is 10.7 Å². The highest BCUT2D eigenvalue weighted by Gasteiger charge is 2.33. The molecule has 9 heteroatoms. The van der Waals surface area contributed by atoms with Crippen LogP contribution in [0.25, 0.3) is 4.96 Å². The molecule has 1 aliphatic heterocycles. The van der Waals surface area contributed by atoms with Crippen molar-refractivity contribution in [3.05, 3.63) is 50.9 Å². The van der Waals surface area contributed by atoms with Crippen LogP contribution in [0.15, 0.2) is 29.1 Å². The van der Waals surface area contributed by atoms with Gasteiger partial charge in [0.15, 0.2) is 0 Å². The molecule has 7 nitrogen and oxygen atoms in total. The molecule has 0 bridgehead atoms. The highest BCUT2D eigenvalue weighted by atomic mass is 35.5. The van der Waals surface area contributed by atoms with Gasteiger partial charge in [0.25, 0.3) is 5.56 Å². The molecule has 27 heavy (non-hydrogen) atoms. The summed E-state index contributed by atoms with van der Waals surface area (Å²) < 4.78 is 1.29. The van der Waals surface area contributed by atoms with Crippen LogP contribution in [0, 0.1) is 13.8 Å². The van der Waals surface area contributed by atoms with E-state index in [9.17, 15) is 9.59 Å². The molecule has 140 valence electrons. The van der Waals surface area contributed by atoms with Gasteiger partial charge in [-0.1, -0.05) is 29.0 Å². The molecule has 3 heterocycles. The van der Waals surface area contributed by atoms with Gasteiger partial charge in [-0.25, -0.2) is 4.98 Å². The Hall–Kier alpha value is -2.45. The minimum Gasteiger partial charge on any atom is -0.335 e. The van der Waals surface area contributed by atoms with Crippen LogP contribution in [0.2, 0.25) is 5.02 Å². The van der Waals surface area contributed by atoms with E-state index in [1.165, 1.54) is 21.9 Å². The van der Waals surface area contributed by atoms with Crippen LogP contribution in [0.4, 0.5) is 10.8 Å². The molecule has 1 aromatic carbocycles. The van der Waals surface area contributed by atoms with Crippen LogP contribution in [-0.2, 0) is 4.79 Å². The Morgan fingerprint density at radius 3 is 2.93 bits per heavy atom. The van der Waals surface area contributed by atoms with Crippen molar-refractivity contribution < 1.29 is 4.79 Å². The molecule has 2 aromatic heterocycles. The fourth-order valence-electron chi connectivity index (χ4n) is 3.23. The van der Waals surface area contributed by atoms with Crippen molar-refractivity contribution in [1.82, 2.24) is 14.6 Å². The molecular formula is C18H18ClN5O2S. The Bertz CT molecular complexity index is 1090. The zero-order valence-corrected chi connectivity index (χ0v) is 16.5. The minimum atomic E-state index is -0.361. The average molecular weight is 404 g/mol. The number of nitrogens with one attached hydrogen (secondary N) is 1. The lowest BCUT2D eigenvalue weighted by Gasteiger charge is -2.22. The monoisotopic (exact) mass is 403 g/mol. The van der Waals surface area contributed by atoms with Gasteiger partial charge in [0, 0.05) is 18.3 Å². The lowest BCUT2D eigenvalue weighted by molar-refractivity contribution is -0.117. The average Bonchev–Trinajstić information content (AvgIpc) is 3.23. The van der Waals surface area contributed by atoms with Gasteiger partial charge in [-0.15, -0.1) is 5.10 Å². The van der Waals surface area contributed by atoms with Crippen LogP contribution in [-0.4, -0.2) is 33.1 Å². The normalized spacial score (nSPS) is 16.9. The first-order chi connectivity index (χ1) is 12.9. The Morgan fingerprint density at radius 1 is 1.33 bits per heavy atom. The summed E-state index contributed by atoms with van der Waals surface area (Å²) in [6.07, 6.45) is 1.59. The largest absolute Gasteiger partial charge is 0.335 e. The standard InChI is InChI=1S/C18H18ClN5O2S/c1-10-5-6-13(12(19)8-10)21-16(26)14-4-3-7-23(14)18-22-24-15(25)9-11(2)20-17(24)27-18/h5-6,8-9,14H,3-4,7H2,1-2H3,(H,21,26)/t14-/m1/s1. The summed E-state index contributed by atoms with van der Waals surface area (Å²) in [5, 5.41) is 8.43. The number of aromatic nitrogens is 3. The number of rotatable bonds is 3. The van der Waals surface area contributed by atoms with Crippen molar-refractivity contribution in [2.45, 2.75) is 32.7 Å². The van der Waals surface area contributed by atoms with Gasteiger partial charge >= 0.3 is 0 Å². The van der Waals surface area contributed by atoms with Crippen molar-refractivity contribution in [1.29, 1.82) is 0 Å². The van der Waals surface area contributed by atoms with E-state index < -0.39 is 0 Å². The van der Waals surface area contributed by atoms with Crippen LogP contribution in [0.5, 0.6) is 0 Å². The quantitative estimate of drug-likeness (QED) is 0.727. The maximum atomic E-state index is 12.9. The van der Waals surface area contributed by atoms with Crippen molar-refractivity contribution >= 4 is 44.6 Å². The van der Waals surface area contributed by atoms with E-state index in [2.05, 4.69) is 15.4 Å². The number of halogens is 1. The third-order valence-corrected chi connectivity index (χ3v) is 5.80. The van der Waals surface area contributed by atoms with Crippen LogP contribution >= 0.6 is 22.9 Å². The van der Waals surface area contributed by atoms with E-state index in [4.69, 9.17) is 11.6 Å². The van der Waals surface area contributed by atoms with Crippen molar-refractivity contribution in [2.24, 2.45) is 0 Å². The number of aryl methyl sites for hydroxylation is 2. The number of hydrogen-bond donors (Lipinski definition) is 1. The van der Waals surface area contributed by atoms with Crippen molar-refractivity contribution in [3.63, 3.8) is 0 Å². The number of hydrogen-bond acceptors (Lipinski definition) is 6. The topological polar surface area (TPSA) is 79.6 Å². The van der Waals surface area contributed by atoms with Crippen LogP contribution in [0.1, 0.15) is 24.1 Å². The SMILES string of the molecule is Cc1ccc(NC(=O)[C@H]2CCCN2c2nn3c(=O)cc(C)nc3s2)c(Cl)c1. The van der Waals surface area contributed by atoms with Gasteiger partial charge in [-0.3, -0.25) is 9.59 Å². The van der Waals surface area contributed by atoms with E-state index in [-0.39, 0.29) is 17.5 Å². The lowest BCUT2D eigenvalue weighted by Crippen LogP contribution is -2.39. The summed E-state index contributed by atoms with van der Waals surface area (Å²) in [5.41, 5.74) is 2.06. The fraction of sp³-hybridized carbons (Fsp3) is 0.333. The molecule has 3 aromatic rings. The van der Waals surface area contributed by atoms with Gasteiger partial charge in [0.2, 0.25) is 16.0 Å². The van der Waals surface area contributed by atoms with Gasteiger partial charge < -0.3 is 10.2 Å². The summed E-state index contributed by atoms with van der Waals surface area (Å²) in [4.78, 5) is 31.8. The third kappa shape index (κ3) is 3.42. The number of benzene rings is 1. The first-order valence-electron chi connectivity index (χ1n) is 8.63. The Morgan fingerprint density at radius 2 is 2.15 bits per heavy atom. The third-order valence-electron chi connectivity index (χ3n) is 4.55. The fourth-order valence-corrected chi connectivity index (χ4v) is 4.54. The number of carbonyl (C=O) groups excluding carboxylic acids is 1. The van der Waals surface area contributed by atoms with Crippen LogP contribution in [0.3, 0.4) is 0 Å². The van der Waals surface area contributed by atoms with E-state index in [1.54, 1.807) is 13.0 Å². The predicted octanol–water partition coefficient (Wildman–Crippen LogP) is 3.03. The van der Waals surface area contributed by atoms with Gasteiger partial charge in [0.1, 0.15) is 6.04 Å². The minimum absolute atomic E-state index is 0.131. The molecular weight excluding hydrogens is 386 g/mol. The maximum absolute atomic E-state index is 12.9. The Labute approximate surface area is 164 Å². The number of nitrogens with zero attached hydrogens (tertiary/aromatic N) is 4. The molecule has 0 radical (unpaired) electrons. The van der Waals surface area contributed by atoms with E-state index in [0.29, 0.717) is 39.5 Å².